The SMILES string of the molecule is CCCCN(C)CCN=C(NCC)N1CCCC(C)C1. The number of hydrogen-bond acceptors (Lipinski definition) is 2. The Hall–Kier alpha value is -0.770. The monoisotopic (exact) mass is 282 g/mol. The first kappa shape index (κ1) is 17.3. The van der Waals surface area contributed by atoms with Crippen molar-refractivity contribution in [2.24, 2.45) is 10.9 Å². The van der Waals surface area contributed by atoms with E-state index in [-0.39, 0.29) is 0 Å². The number of likely N-dealkylation sites (tertiary alicyclic amines) is 1. The van der Waals surface area contributed by atoms with Crippen molar-refractivity contribution in [2.45, 2.75) is 46.5 Å². The molecular weight excluding hydrogens is 248 g/mol. The van der Waals surface area contributed by atoms with Gasteiger partial charge in [-0.3, -0.25) is 4.99 Å². The highest BCUT2D eigenvalue weighted by atomic mass is 15.3. The molecule has 1 heterocycles. The molecule has 1 aliphatic heterocycles. The first-order chi connectivity index (χ1) is 9.67. The minimum absolute atomic E-state index is 0.792. The average molecular weight is 282 g/mol. The largest absolute Gasteiger partial charge is 0.357 e. The van der Waals surface area contributed by atoms with Gasteiger partial charge in [-0.1, -0.05) is 20.3 Å². The van der Waals surface area contributed by atoms with Crippen LogP contribution in [0.2, 0.25) is 0 Å². The van der Waals surface area contributed by atoms with Gasteiger partial charge in [-0.15, -0.1) is 0 Å². The molecule has 1 N–H and O–H groups in total. The van der Waals surface area contributed by atoms with E-state index in [1.54, 1.807) is 0 Å². The molecule has 20 heavy (non-hydrogen) atoms. The van der Waals surface area contributed by atoms with Gasteiger partial charge < -0.3 is 15.1 Å². The standard InChI is InChI=1S/C16H34N4/c1-5-7-11-19(4)13-10-18-16(17-6-2)20-12-8-9-15(3)14-20/h15H,5-14H2,1-4H3,(H,17,18). The molecule has 1 atom stereocenters. The average Bonchev–Trinajstić information content (AvgIpc) is 2.44. The maximum atomic E-state index is 4.81. The number of nitrogens with zero attached hydrogens (tertiary/aromatic N) is 3. The molecule has 0 aromatic rings. The minimum Gasteiger partial charge on any atom is -0.357 e. The molecule has 0 amide bonds. The highest BCUT2D eigenvalue weighted by molar-refractivity contribution is 5.80. The van der Waals surface area contributed by atoms with Crippen molar-refractivity contribution in [1.82, 2.24) is 15.1 Å². The number of unbranched alkanes of at least 4 members (excludes halogenated alkanes) is 1. The third-order valence-corrected chi connectivity index (χ3v) is 3.93. The van der Waals surface area contributed by atoms with Crippen molar-refractivity contribution < 1.29 is 0 Å². The van der Waals surface area contributed by atoms with E-state index in [1.165, 1.54) is 32.2 Å². The van der Waals surface area contributed by atoms with Gasteiger partial charge in [0, 0.05) is 26.2 Å². The minimum atomic E-state index is 0.792. The Labute approximate surface area is 125 Å². The second-order valence-electron chi connectivity index (χ2n) is 6.09. The number of likely N-dealkylation sites (N-methyl/N-ethyl adjacent to an activating group) is 1. The Morgan fingerprint density at radius 3 is 2.80 bits per heavy atom. The van der Waals surface area contributed by atoms with Gasteiger partial charge in [0.05, 0.1) is 6.54 Å². The summed E-state index contributed by atoms with van der Waals surface area (Å²) in [6.45, 7) is 13.1. The maximum Gasteiger partial charge on any atom is 0.193 e. The van der Waals surface area contributed by atoms with Gasteiger partial charge in [0.1, 0.15) is 0 Å². The fraction of sp³-hybridized carbons (Fsp3) is 0.938. The number of piperidine rings is 1. The number of rotatable bonds is 7. The Morgan fingerprint density at radius 2 is 2.15 bits per heavy atom. The highest BCUT2D eigenvalue weighted by Gasteiger charge is 2.18. The molecule has 1 unspecified atom stereocenters. The van der Waals surface area contributed by atoms with E-state index >= 15 is 0 Å². The molecule has 0 aliphatic carbocycles. The summed E-state index contributed by atoms with van der Waals surface area (Å²) in [6, 6.07) is 0. The second-order valence-corrected chi connectivity index (χ2v) is 6.09. The zero-order valence-electron chi connectivity index (χ0n) is 14.0. The van der Waals surface area contributed by atoms with E-state index in [9.17, 15) is 0 Å². The van der Waals surface area contributed by atoms with E-state index in [2.05, 4.69) is 42.9 Å². The van der Waals surface area contributed by atoms with Gasteiger partial charge in [-0.05, 0) is 45.7 Å². The predicted molar refractivity (Wildman–Crippen MR) is 88.4 cm³/mol. The predicted octanol–water partition coefficient (Wildman–Crippen LogP) is 2.42. The first-order valence-corrected chi connectivity index (χ1v) is 8.39. The van der Waals surface area contributed by atoms with Crippen LogP contribution in [0.25, 0.3) is 0 Å². The fourth-order valence-corrected chi connectivity index (χ4v) is 2.67. The van der Waals surface area contributed by atoms with Gasteiger partial charge in [-0.25, -0.2) is 0 Å². The molecule has 1 fully saturated rings. The Morgan fingerprint density at radius 1 is 1.35 bits per heavy atom. The van der Waals surface area contributed by atoms with Crippen LogP contribution in [-0.2, 0) is 0 Å². The van der Waals surface area contributed by atoms with Crippen molar-refractivity contribution in [3.05, 3.63) is 0 Å². The molecule has 4 heteroatoms. The van der Waals surface area contributed by atoms with Gasteiger partial charge in [0.25, 0.3) is 0 Å². The molecule has 1 aliphatic rings. The molecule has 0 aromatic heterocycles. The molecule has 0 saturated carbocycles. The lowest BCUT2D eigenvalue weighted by atomic mass is 10.0. The summed E-state index contributed by atoms with van der Waals surface area (Å²) in [7, 11) is 2.20. The van der Waals surface area contributed by atoms with E-state index in [0.29, 0.717) is 0 Å². The van der Waals surface area contributed by atoms with Crippen LogP contribution in [0.15, 0.2) is 4.99 Å². The zero-order chi connectivity index (χ0) is 14.8. The third kappa shape index (κ3) is 6.60. The highest BCUT2D eigenvalue weighted by Crippen LogP contribution is 2.15. The van der Waals surface area contributed by atoms with E-state index in [0.717, 1.165) is 44.6 Å². The van der Waals surface area contributed by atoms with E-state index in [1.807, 2.05) is 0 Å². The molecule has 0 radical (unpaired) electrons. The van der Waals surface area contributed by atoms with Crippen LogP contribution >= 0.6 is 0 Å². The van der Waals surface area contributed by atoms with Crippen molar-refractivity contribution >= 4 is 5.96 Å². The van der Waals surface area contributed by atoms with Gasteiger partial charge >= 0.3 is 0 Å². The summed E-state index contributed by atoms with van der Waals surface area (Å²) >= 11 is 0. The van der Waals surface area contributed by atoms with E-state index < -0.39 is 0 Å². The molecule has 0 bridgehead atoms. The summed E-state index contributed by atoms with van der Waals surface area (Å²) < 4.78 is 0. The fourth-order valence-electron chi connectivity index (χ4n) is 2.67. The lowest BCUT2D eigenvalue weighted by Gasteiger charge is -2.33. The van der Waals surface area contributed by atoms with Crippen LogP contribution in [0.4, 0.5) is 0 Å². The van der Waals surface area contributed by atoms with Crippen LogP contribution < -0.4 is 5.32 Å². The number of guanidine groups is 1. The van der Waals surface area contributed by atoms with E-state index in [4.69, 9.17) is 4.99 Å². The summed E-state index contributed by atoms with van der Waals surface area (Å²) in [6.07, 6.45) is 5.20. The Kier molecular flexibility index (Phi) is 8.67. The Bertz CT molecular complexity index is 278. The second kappa shape index (κ2) is 10.0. The molecule has 0 aromatic carbocycles. The summed E-state index contributed by atoms with van der Waals surface area (Å²) in [5.74, 6) is 1.91. The number of aliphatic imine (C=N–C) groups is 1. The smallest absolute Gasteiger partial charge is 0.193 e. The Balaban J connectivity index is 2.41. The summed E-state index contributed by atoms with van der Waals surface area (Å²) in [5, 5.41) is 3.45. The molecule has 1 rings (SSSR count). The van der Waals surface area contributed by atoms with Crippen LogP contribution in [0, 0.1) is 5.92 Å². The van der Waals surface area contributed by atoms with Crippen LogP contribution in [-0.4, -0.2) is 62.1 Å². The molecule has 0 spiro atoms. The summed E-state index contributed by atoms with van der Waals surface area (Å²) in [4.78, 5) is 9.63. The summed E-state index contributed by atoms with van der Waals surface area (Å²) in [5.41, 5.74) is 0. The van der Waals surface area contributed by atoms with Crippen molar-refractivity contribution in [3.8, 4) is 0 Å². The third-order valence-electron chi connectivity index (χ3n) is 3.93. The molecule has 118 valence electrons. The van der Waals surface area contributed by atoms with Crippen LogP contribution in [0.1, 0.15) is 46.5 Å². The van der Waals surface area contributed by atoms with Crippen molar-refractivity contribution in [2.75, 3.05) is 46.3 Å². The normalized spacial score (nSPS) is 20.6. The maximum absolute atomic E-state index is 4.81. The van der Waals surface area contributed by atoms with Gasteiger partial charge in [-0.2, -0.15) is 0 Å². The zero-order valence-corrected chi connectivity index (χ0v) is 14.0. The molecular formula is C16H34N4. The van der Waals surface area contributed by atoms with Crippen LogP contribution in [0.3, 0.4) is 0 Å². The number of hydrogen-bond donors (Lipinski definition) is 1. The van der Waals surface area contributed by atoms with Crippen molar-refractivity contribution in [3.63, 3.8) is 0 Å². The quantitative estimate of drug-likeness (QED) is 0.575. The lowest BCUT2D eigenvalue weighted by Crippen LogP contribution is -2.46. The topological polar surface area (TPSA) is 30.9 Å². The van der Waals surface area contributed by atoms with Crippen LogP contribution in [0.5, 0.6) is 0 Å². The first-order valence-electron chi connectivity index (χ1n) is 8.39. The number of nitrogens with one attached hydrogen (secondary N) is 1. The van der Waals surface area contributed by atoms with Gasteiger partial charge in [0.15, 0.2) is 5.96 Å². The molecule has 4 nitrogen and oxygen atoms in total. The molecule has 1 saturated heterocycles. The lowest BCUT2D eigenvalue weighted by molar-refractivity contribution is 0.265. The van der Waals surface area contributed by atoms with Crippen molar-refractivity contribution in [1.29, 1.82) is 0 Å². The van der Waals surface area contributed by atoms with Gasteiger partial charge in [0.2, 0.25) is 0 Å².